The van der Waals surface area contributed by atoms with E-state index in [0.29, 0.717) is 5.56 Å². The number of hydrogen-bond donors (Lipinski definition) is 1. The smallest absolute Gasteiger partial charge is 0.411 e. The van der Waals surface area contributed by atoms with E-state index in [-0.39, 0.29) is 24.6 Å². The van der Waals surface area contributed by atoms with E-state index in [1.165, 1.54) is 25.1 Å². The lowest BCUT2D eigenvalue weighted by molar-refractivity contribution is -0.150. The summed E-state index contributed by atoms with van der Waals surface area (Å²) >= 11 is 0. The van der Waals surface area contributed by atoms with Crippen molar-refractivity contribution in [2.75, 3.05) is 13.2 Å². The molecule has 1 N–H and O–H groups in total. The zero-order valence-corrected chi connectivity index (χ0v) is 18.8. The zero-order chi connectivity index (χ0) is 23.8. The molecule has 1 unspecified atom stereocenters. The molecule has 3 aromatic carbocycles. The van der Waals surface area contributed by atoms with Crippen molar-refractivity contribution >= 4 is 12.1 Å². The Hall–Kier alpha value is -3.67. The highest BCUT2D eigenvalue weighted by Crippen LogP contribution is 2.44. The van der Waals surface area contributed by atoms with Crippen LogP contribution >= 0.6 is 0 Å². The van der Waals surface area contributed by atoms with Crippen LogP contribution in [0.5, 0.6) is 0 Å². The normalized spacial score (nSPS) is 14.2. The molecule has 4 rings (SSSR count). The first-order valence-electron chi connectivity index (χ1n) is 10.9. The second kappa shape index (κ2) is 8.70. The van der Waals surface area contributed by atoms with E-state index in [2.05, 4.69) is 0 Å². The van der Waals surface area contributed by atoms with Crippen LogP contribution in [-0.4, -0.2) is 35.2 Å². The molecule has 0 radical (unpaired) electrons. The standard InChI is InChI=1S/C27H26FNO4/c1-4-29(27(3,25(30)31)18-14-13-17(2)24(28)15-18)26(32)33-16-23-21-11-7-5-9-19(21)20-10-6-8-12-22(20)23/h5-15,23H,4,16H2,1-3H3,(H,30,31). The molecule has 0 fully saturated rings. The van der Waals surface area contributed by atoms with Gasteiger partial charge >= 0.3 is 12.1 Å². The fraction of sp³-hybridized carbons (Fsp3) is 0.259. The number of carboxylic acid groups (broad SMARTS) is 1. The molecule has 5 nitrogen and oxygen atoms in total. The number of benzene rings is 3. The Bertz CT molecular complexity index is 1180. The average molecular weight is 448 g/mol. The van der Waals surface area contributed by atoms with E-state index >= 15 is 0 Å². The first-order chi connectivity index (χ1) is 15.8. The van der Waals surface area contributed by atoms with Crippen LogP contribution < -0.4 is 0 Å². The van der Waals surface area contributed by atoms with Crippen LogP contribution in [0.2, 0.25) is 0 Å². The maximum atomic E-state index is 14.2. The minimum atomic E-state index is -1.79. The van der Waals surface area contributed by atoms with Crippen molar-refractivity contribution in [2.24, 2.45) is 0 Å². The number of aliphatic carboxylic acids is 1. The second-order valence-corrected chi connectivity index (χ2v) is 8.39. The third kappa shape index (κ3) is 3.75. The van der Waals surface area contributed by atoms with Gasteiger partial charge in [0.15, 0.2) is 5.54 Å². The summed E-state index contributed by atoms with van der Waals surface area (Å²) in [5.41, 5.74) is 3.13. The molecule has 0 aliphatic heterocycles. The van der Waals surface area contributed by atoms with Gasteiger partial charge in [0.1, 0.15) is 12.4 Å². The number of carbonyl (C=O) groups is 2. The van der Waals surface area contributed by atoms with Gasteiger partial charge < -0.3 is 9.84 Å². The zero-order valence-electron chi connectivity index (χ0n) is 18.8. The first kappa shape index (κ1) is 22.5. The highest BCUT2D eigenvalue weighted by Gasteiger charge is 2.45. The van der Waals surface area contributed by atoms with Crippen LogP contribution in [0.4, 0.5) is 9.18 Å². The average Bonchev–Trinajstić information content (AvgIpc) is 3.13. The largest absolute Gasteiger partial charge is 0.479 e. The van der Waals surface area contributed by atoms with Gasteiger partial charge in [-0.1, -0.05) is 60.7 Å². The molecular formula is C27H26FNO4. The van der Waals surface area contributed by atoms with Gasteiger partial charge in [-0.2, -0.15) is 0 Å². The molecule has 1 aliphatic rings. The molecule has 1 atom stereocenters. The number of carboxylic acids is 1. The van der Waals surface area contributed by atoms with Crippen LogP contribution in [0.1, 0.15) is 42.0 Å². The van der Waals surface area contributed by atoms with Crippen molar-refractivity contribution in [3.05, 3.63) is 94.8 Å². The number of amides is 1. The quantitative estimate of drug-likeness (QED) is 0.526. The molecule has 0 heterocycles. The minimum absolute atomic E-state index is 0.0708. The predicted molar refractivity (Wildman–Crippen MR) is 124 cm³/mol. The lowest BCUT2D eigenvalue weighted by Crippen LogP contribution is -2.53. The number of fused-ring (bicyclic) bond motifs is 3. The Kier molecular flexibility index (Phi) is 5.93. The molecule has 0 aromatic heterocycles. The number of halogens is 1. The number of ether oxygens (including phenoxy) is 1. The molecule has 33 heavy (non-hydrogen) atoms. The molecule has 0 saturated heterocycles. The topological polar surface area (TPSA) is 66.8 Å². The SMILES string of the molecule is CCN(C(=O)OCC1c2ccccc2-c2ccccc21)C(C)(C(=O)O)c1ccc(C)c(F)c1. The van der Waals surface area contributed by atoms with Gasteiger partial charge in [0, 0.05) is 12.5 Å². The third-order valence-corrected chi connectivity index (χ3v) is 6.56. The van der Waals surface area contributed by atoms with Gasteiger partial charge in [-0.05, 0) is 60.2 Å². The fourth-order valence-electron chi connectivity index (χ4n) is 4.59. The van der Waals surface area contributed by atoms with E-state index in [1.54, 1.807) is 13.8 Å². The maximum Gasteiger partial charge on any atom is 0.411 e. The van der Waals surface area contributed by atoms with Crippen LogP contribution in [0.3, 0.4) is 0 Å². The van der Waals surface area contributed by atoms with Crippen LogP contribution in [-0.2, 0) is 15.1 Å². The molecule has 6 heteroatoms. The minimum Gasteiger partial charge on any atom is -0.479 e. The van der Waals surface area contributed by atoms with Crippen LogP contribution in [0, 0.1) is 12.7 Å². The molecule has 170 valence electrons. The van der Waals surface area contributed by atoms with Gasteiger partial charge in [-0.25, -0.2) is 14.0 Å². The van der Waals surface area contributed by atoms with E-state index in [1.807, 2.05) is 48.5 Å². The van der Waals surface area contributed by atoms with Gasteiger partial charge in [-0.15, -0.1) is 0 Å². The Balaban J connectivity index is 1.62. The third-order valence-electron chi connectivity index (χ3n) is 6.56. The van der Waals surface area contributed by atoms with Gasteiger partial charge in [0.2, 0.25) is 0 Å². The summed E-state index contributed by atoms with van der Waals surface area (Å²) in [5.74, 6) is -1.93. The summed E-state index contributed by atoms with van der Waals surface area (Å²) < 4.78 is 19.9. The number of hydrogen-bond acceptors (Lipinski definition) is 3. The summed E-state index contributed by atoms with van der Waals surface area (Å²) in [6, 6.07) is 20.2. The number of nitrogens with zero attached hydrogens (tertiary/aromatic N) is 1. The summed E-state index contributed by atoms with van der Waals surface area (Å²) in [6.45, 7) is 4.81. The lowest BCUT2D eigenvalue weighted by Gasteiger charge is -2.37. The van der Waals surface area contributed by atoms with E-state index in [4.69, 9.17) is 4.74 Å². The van der Waals surface area contributed by atoms with Crippen molar-refractivity contribution in [3.8, 4) is 11.1 Å². The molecule has 0 bridgehead atoms. The Morgan fingerprint density at radius 3 is 2.12 bits per heavy atom. The van der Waals surface area contributed by atoms with Gasteiger partial charge in [0.05, 0.1) is 0 Å². The molecule has 1 aliphatic carbocycles. The fourth-order valence-corrected chi connectivity index (χ4v) is 4.59. The van der Waals surface area contributed by atoms with Crippen molar-refractivity contribution in [1.29, 1.82) is 0 Å². The summed E-state index contributed by atoms with van der Waals surface area (Å²) in [4.78, 5) is 26.6. The Labute approximate surface area is 192 Å². The van der Waals surface area contributed by atoms with E-state index in [9.17, 15) is 19.1 Å². The first-order valence-corrected chi connectivity index (χ1v) is 10.9. The molecule has 1 amide bonds. The highest BCUT2D eigenvalue weighted by molar-refractivity contribution is 5.86. The maximum absolute atomic E-state index is 14.2. The number of likely N-dealkylation sites (N-methyl/N-ethyl adjacent to an activating group) is 1. The van der Waals surface area contributed by atoms with Crippen molar-refractivity contribution in [2.45, 2.75) is 32.2 Å². The second-order valence-electron chi connectivity index (χ2n) is 8.39. The number of aryl methyl sites for hydroxylation is 1. The molecular weight excluding hydrogens is 421 g/mol. The molecule has 3 aromatic rings. The van der Waals surface area contributed by atoms with Gasteiger partial charge in [-0.3, -0.25) is 4.90 Å². The summed E-state index contributed by atoms with van der Waals surface area (Å²) in [6.07, 6.45) is -0.759. The predicted octanol–water partition coefficient (Wildman–Crippen LogP) is 5.70. The molecule has 0 saturated carbocycles. The Morgan fingerprint density at radius 2 is 1.61 bits per heavy atom. The monoisotopic (exact) mass is 447 g/mol. The van der Waals surface area contributed by atoms with E-state index in [0.717, 1.165) is 27.2 Å². The van der Waals surface area contributed by atoms with Gasteiger partial charge in [0.25, 0.3) is 0 Å². The van der Waals surface area contributed by atoms with Crippen molar-refractivity contribution in [3.63, 3.8) is 0 Å². The summed E-state index contributed by atoms with van der Waals surface area (Å²) in [5, 5.41) is 10.1. The van der Waals surface area contributed by atoms with Crippen LogP contribution in [0.25, 0.3) is 11.1 Å². The number of rotatable bonds is 6. The number of carbonyl (C=O) groups excluding carboxylic acids is 1. The summed E-state index contributed by atoms with van der Waals surface area (Å²) in [7, 11) is 0. The van der Waals surface area contributed by atoms with Crippen molar-refractivity contribution in [1.82, 2.24) is 4.90 Å². The van der Waals surface area contributed by atoms with Crippen LogP contribution in [0.15, 0.2) is 66.7 Å². The van der Waals surface area contributed by atoms with Crippen molar-refractivity contribution < 1.29 is 23.8 Å². The Morgan fingerprint density at radius 1 is 1.03 bits per heavy atom. The van der Waals surface area contributed by atoms with E-state index < -0.39 is 23.4 Å². The molecule has 0 spiro atoms. The highest BCUT2D eigenvalue weighted by atomic mass is 19.1. The lowest BCUT2D eigenvalue weighted by atomic mass is 9.89.